The number of halogens is 1. The number of hydrogen-bond acceptors (Lipinski definition) is 2. The summed E-state index contributed by atoms with van der Waals surface area (Å²) in [7, 11) is 1.82. The molecule has 1 N–H and O–H groups in total. The van der Waals surface area contributed by atoms with Crippen LogP contribution in [-0.4, -0.2) is 24.7 Å². The topological polar surface area (TPSA) is 40.5 Å². The number of hydrogen-bond donors (Lipinski definition) is 1. The Balaban J connectivity index is 2.81. The standard InChI is InChI=1S/C14H20FNO2/c1-4-9-14(2,13(17)18)10-16(3)12-7-5-11(15)6-8-12/h5-8H,4,9-10H2,1-3H3,(H,17,18). The van der Waals surface area contributed by atoms with Gasteiger partial charge in [-0.15, -0.1) is 0 Å². The maximum Gasteiger partial charge on any atom is 0.311 e. The Bertz CT molecular complexity index is 405. The lowest BCUT2D eigenvalue weighted by atomic mass is 9.85. The second-order valence-corrected chi connectivity index (χ2v) is 4.95. The summed E-state index contributed by atoms with van der Waals surface area (Å²) in [6, 6.07) is 6.07. The zero-order valence-corrected chi connectivity index (χ0v) is 11.1. The van der Waals surface area contributed by atoms with Gasteiger partial charge in [0.05, 0.1) is 5.41 Å². The molecule has 1 aromatic carbocycles. The first-order valence-electron chi connectivity index (χ1n) is 6.09. The van der Waals surface area contributed by atoms with Crippen molar-refractivity contribution in [1.82, 2.24) is 0 Å². The van der Waals surface area contributed by atoms with Crippen molar-refractivity contribution in [2.24, 2.45) is 5.41 Å². The smallest absolute Gasteiger partial charge is 0.311 e. The van der Waals surface area contributed by atoms with Crippen LogP contribution in [-0.2, 0) is 4.79 Å². The maximum atomic E-state index is 12.8. The fourth-order valence-corrected chi connectivity index (χ4v) is 2.12. The van der Waals surface area contributed by atoms with E-state index in [-0.39, 0.29) is 5.82 Å². The third-order valence-corrected chi connectivity index (χ3v) is 3.17. The first-order chi connectivity index (χ1) is 8.39. The summed E-state index contributed by atoms with van der Waals surface area (Å²) in [4.78, 5) is 13.2. The van der Waals surface area contributed by atoms with E-state index >= 15 is 0 Å². The molecule has 4 heteroatoms. The number of nitrogens with zero attached hydrogens (tertiary/aromatic N) is 1. The van der Waals surface area contributed by atoms with E-state index in [4.69, 9.17) is 0 Å². The molecule has 0 saturated carbocycles. The van der Waals surface area contributed by atoms with Gasteiger partial charge in [0.15, 0.2) is 0 Å². The zero-order chi connectivity index (χ0) is 13.8. The lowest BCUT2D eigenvalue weighted by molar-refractivity contribution is -0.147. The minimum absolute atomic E-state index is 0.290. The first kappa shape index (κ1) is 14.5. The number of carbonyl (C=O) groups is 1. The third-order valence-electron chi connectivity index (χ3n) is 3.17. The van der Waals surface area contributed by atoms with Crippen LogP contribution in [0.4, 0.5) is 10.1 Å². The summed E-state index contributed by atoms with van der Waals surface area (Å²) in [5.74, 6) is -1.08. The minimum atomic E-state index is -0.793. The largest absolute Gasteiger partial charge is 0.481 e. The van der Waals surface area contributed by atoms with Gasteiger partial charge >= 0.3 is 5.97 Å². The molecule has 0 amide bonds. The van der Waals surface area contributed by atoms with Gasteiger partial charge in [0.25, 0.3) is 0 Å². The van der Waals surface area contributed by atoms with E-state index in [1.807, 2.05) is 18.9 Å². The van der Waals surface area contributed by atoms with E-state index in [2.05, 4.69) is 0 Å². The Labute approximate surface area is 107 Å². The Morgan fingerprint density at radius 2 is 1.94 bits per heavy atom. The second kappa shape index (κ2) is 5.85. The van der Waals surface area contributed by atoms with E-state index in [0.717, 1.165) is 12.1 Å². The van der Waals surface area contributed by atoms with Crippen molar-refractivity contribution in [3.63, 3.8) is 0 Å². The highest BCUT2D eigenvalue weighted by atomic mass is 19.1. The van der Waals surface area contributed by atoms with Crippen LogP contribution in [0.25, 0.3) is 0 Å². The normalized spacial score (nSPS) is 14.0. The van der Waals surface area contributed by atoms with Gasteiger partial charge < -0.3 is 10.0 Å². The fourth-order valence-electron chi connectivity index (χ4n) is 2.12. The second-order valence-electron chi connectivity index (χ2n) is 4.95. The van der Waals surface area contributed by atoms with Crippen LogP contribution in [0, 0.1) is 11.2 Å². The van der Waals surface area contributed by atoms with E-state index in [1.165, 1.54) is 12.1 Å². The monoisotopic (exact) mass is 253 g/mol. The van der Waals surface area contributed by atoms with Crippen LogP contribution in [0.3, 0.4) is 0 Å². The number of benzene rings is 1. The summed E-state index contributed by atoms with van der Waals surface area (Å²) < 4.78 is 12.8. The van der Waals surface area contributed by atoms with Crippen LogP contribution >= 0.6 is 0 Å². The average Bonchev–Trinajstić information content (AvgIpc) is 2.29. The molecule has 0 aliphatic carbocycles. The molecule has 0 heterocycles. The van der Waals surface area contributed by atoms with Crippen molar-refractivity contribution in [1.29, 1.82) is 0 Å². The quantitative estimate of drug-likeness (QED) is 0.846. The van der Waals surface area contributed by atoms with Gasteiger partial charge in [0, 0.05) is 19.3 Å². The molecule has 0 fully saturated rings. The molecule has 1 rings (SSSR count). The Morgan fingerprint density at radius 3 is 2.39 bits per heavy atom. The van der Waals surface area contributed by atoms with Crippen LogP contribution in [0.5, 0.6) is 0 Å². The summed E-state index contributed by atoms with van der Waals surface area (Å²) in [6.45, 7) is 4.12. The van der Waals surface area contributed by atoms with Gasteiger partial charge in [-0.2, -0.15) is 0 Å². The van der Waals surface area contributed by atoms with Crippen molar-refractivity contribution in [3.05, 3.63) is 30.1 Å². The number of anilines is 1. The van der Waals surface area contributed by atoms with Crippen molar-refractivity contribution in [2.75, 3.05) is 18.5 Å². The predicted molar refractivity (Wildman–Crippen MR) is 70.3 cm³/mol. The van der Waals surface area contributed by atoms with E-state index in [0.29, 0.717) is 13.0 Å². The molecule has 0 aliphatic rings. The Kier molecular flexibility index (Phi) is 4.70. The molecule has 3 nitrogen and oxygen atoms in total. The lowest BCUT2D eigenvalue weighted by Crippen LogP contribution is -2.39. The molecule has 0 aliphatic heterocycles. The molecule has 1 atom stereocenters. The third kappa shape index (κ3) is 3.45. The fraction of sp³-hybridized carbons (Fsp3) is 0.500. The van der Waals surface area contributed by atoms with Crippen molar-refractivity contribution in [2.45, 2.75) is 26.7 Å². The summed E-state index contributed by atoms with van der Waals surface area (Å²) >= 11 is 0. The van der Waals surface area contributed by atoms with E-state index in [9.17, 15) is 14.3 Å². The molecule has 18 heavy (non-hydrogen) atoms. The number of rotatable bonds is 6. The minimum Gasteiger partial charge on any atom is -0.481 e. The number of aliphatic carboxylic acids is 1. The van der Waals surface area contributed by atoms with Crippen LogP contribution in [0.1, 0.15) is 26.7 Å². The zero-order valence-electron chi connectivity index (χ0n) is 11.1. The van der Waals surface area contributed by atoms with Crippen LogP contribution in [0.15, 0.2) is 24.3 Å². The van der Waals surface area contributed by atoms with Crippen LogP contribution < -0.4 is 4.90 Å². The van der Waals surface area contributed by atoms with Crippen molar-refractivity contribution >= 4 is 11.7 Å². The molecule has 0 bridgehead atoms. The Morgan fingerprint density at radius 1 is 1.39 bits per heavy atom. The van der Waals surface area contributed by atoms with Crippen molar-refractivity contribution < 1.29 is 14.3 Å². The van der Waals surface area contributed by atoms with Gasteiger partial charge in [-0.1, -0.05) is 13.3 Å². The molecule has 0 radical (unpaired) electrons. The Hall–Kier alpha value is -1.58. The lowest BCUT2D eigenvalue weighted by Gasteiger charge is -2.31. The van der Waals surface area contributed by atoms with E-state index < -0.39 is 11.4 Å². The summed E-state index contributed by atoms with van der Waals surface area (Å²) in [6.07, 6.45) is 1.44. The highest BCUT2D eigenvalue weighted by Gasteiger charge is 2.33. The molecule has 1 aromatic rings. The predicted octanol–water partition coefficient (Wildman–Crippen LogP) is 3.15. The maximum absolute atomic E-state index is 12.8. The first-order valence-corrected chi connectivity index (χ1v) is 6.09. The molecule has 0 spiro atoms. The molecule has 100 valence electrons. The van der Waals surface area contributed by atoms with Gasteiger partial charge in [-0.05, 0) is 37.6 Å². The molecular formula is C14H20FNO2. The molecule has 0 saturated heterocycles. The van der Waals surface area contributed by atoms with E-state index in [1.54, 1.807) is 19.1 Å². The van der Waals surface area contributed by atoms with Crippen molar-refractivity contribution in [3.8, 4) is 0 Å². The highest BCUT2D eigenvalue weighted by Crippen LogP contribution is 2.27. The molecule has 1 unspecified atom stereocenters. The van der Waals surface area contributed by atoms with Gasteiger partial charge in [-0.25, -0.2) is 4.39 Å². The summed E-state index contributed by atoms with van der Waals surface area (Å²) in [5, 5.41) is 9.32. The van der Waals surface area contributed by atoms with Gasteiger partial charge in [0.1, 0.15) is 5.82 Å². The highest BCUT2D eigenvalue weighted by molar-refractivity contribution is 5.75. The van der Waals surface area contributed by atoms with Crippen LogP contribution in [0.2, 0.25) is 0 Å². The van der Waals surface area contributed by atoms with Gasteiger partial charge in [-0.3, -0.25) is 4.79 Å². The SMILES string of the molecule is CCCC(C)(CN(C)c1ccc(F)cc1)C(=O)O. The average molecular weight is 253 g/mol. The van der Waals surface area contributed by atoms with Gasteiger partial charge in [0.2, 0.25) is 0 Å². The number of carboxylic acid groups (broad SMARTS) is 1. The molecule has 0 aromatic heterocycles. The number of carboxylic acids is 1. The summed E-state index contributed by atoms with van der Waals surface area (Å²) in [5.41, 5.74) is 0.0395. The molecular weight excluding hydrogens is 233 g/mol.